The highest BCUT2D eigenvalue weighted by Crippen LogP contribution is 2.28. The molecule has 0 aromatic heterocycles. The van der Waals surface area contributed by atoms with Gasteiger partial charge in [-0.1, -0.05) is 49.1 Å². The molecule has 180 valence electrons. The number of aliphatic carboxylic acids is 1. The van der Waals surface area contributed by atoms with Crippen LogP contribution in [0.15, 0.2) is 82.0 Å². The SMILES string of the molecule is C=C/C(=C\C=C\C1C=CC=CC1)C(=O)N1CCC(N=C)=C(C(N)=NC2CCC(C(=O)O)CC2)C1. The predicted molar refractivity (Wildman–Crippen MR) is 137 cm³/mol. The Kier molecular flexibility index (Phi) is 8.96. The van der Waals surface area contributed by atoms with Crippen LogP contribution in [0.2, 0.25) is 0 Å². The molecule has 1 amide bonds. The van der Waals surface area contributed by atoms with Crippen LogP contribution >= 0.6 is 0 Å². The Morgan fingerprint density at radius 2 is 1.97 bits per heavy atom. The van der Waals surface area contributed by atoms with Gasteiger partial charge in [0.2, 0.25) is 0 Å². The van der Waals surface area contributed by atoms with Crippen LogP contribution in [-0.2, 0) is 9.59 Å². The number of hydrogen-bond acceptors (Lipinski definition) is 4. The van der Waals surface area contributed by atoms with E-state index in [9.17, 15) is 14.7 Å². The molecule has 1 aliphatic heterocycles. The number of carbonyl (C=O) groups is 2. The Morgan fingerprint density at radius 3 is 2.59 bits per heavy atom. The first-order valence-corrected chi connectivity index (χ1v) is 11.8. The monoisotopic (exact) mass is 462 g/mol. The number of amides is 1. The molecule has 34 heavy (non-hydrogen) atoms. The number of amidine groups is 1. The molecular formula is C27H34N4O3. The van der Waals surface area contributed by atoms with E-state index in [1.54, 1.807) is 17.1 Å². The highest BCUT2D eigenvalue weighted by molar-refractivity contribution is 6.01. The van der Waals surface area contributed by atoms with Crippen LogP contribution in [-0.4, -0.2) is 53.6 Å². The largest absolute Gasteiger partial charge is 0.481 e. The highest BCUT2D eigenvalue weighted by atomic mass is 16.4. The maximum absolute atomic E-state index is 13.2. The van der Waals surface area contributed by atoms with E-state index >= 15 is 0 Å². The number of nitrogens with zero attached hydrogens (tertiary/aromatic N) is 3. The lowest BCUT2D eigenvalue weighted by molar-refractivity contribution is -0.142. The average Bonchev–Trinajstić information content (AvgIpc) is 2.86. The molecule has 0 aromatic carbocycles. The summed E-state index contributed by atoms with van der Waals surface area (Å²) in [4.78, 5) is 34.9. The van der Waals surface area contributed by atoms with Crippen molar-refractivity contribution < 1.29 is 14.7 Å². The average molecular weight is 463 g/mol. The minimum Gasteiger partial charge on any atom is -0.481 e. The third-order valence-corrected chi connectivity index (χ3v) is 6.59. The van der Waals surface area contributed by atoms with Gasteiger partial charge in [-0.15, -0.1) is 0 Å². The lowest BCUT2D eigenvalue weighted by Gasteiger charge is -2.30. The zero-order valence-electron chi connectivity index (χ0n) is 19.6. The van der Waals surface area contributed by atoms with Crippen molar-refractivity contribution in [2.24, 2.45) is 27.6 Å². The predicted octanol–water partition coefficient (Wildman–Crippen LogP) is 3.97. The number of hydrogen-bond donors (Lipinski definition) is 2. The lowest BCUT2D eigenvalue weighted by Crippen LogP contribution is -2.41. The van der Waals surface area contributed by atoms with E-state index in [4.69, 9.17) is 5.73 Å². The van der Waals surface area contributed by atoms with Crippen molar-refractivity contribution in [2.45, 2.75) is 44.6 Å². The second-order valence-electron chi connectivity index (χ2n) is 8.84. The van der Waals surface area contributed by atoms with Gasteiger partial charge in [0.1, 0.15) is 5.84 Å². The Morgan fingerprint density at radius 1 is 1.21 bits per heavy atom. The summed E-state index contributed by atoms with van der Waals surface area (Å²) < 4.78 is 0. The minimum atomic E-state index is -0.745. The van der Waals surface area contributed by atoms with E-state index < -0.39 is 5.97 Å². The van der Waals surface area contributed by atoms with E-state index in [-0.39, 0.29) is 17.9 Å². The van der Waals surface area contributed by atoms with Gasteiger partial charge >= 0.3 is 5.97 Å². The van der Waals surface area contributed by atoms with Gasteiger partial charge in [0.15, 0.2) is 0 Å². The summed E-state index contributed by atoms with van der Waals surface area (Å²) in [5.41, 5.74) is 8.35. The van der Waals surface area contributed by atoms with Crippen LogP contribution in [0.1, 0.15) is 38.5 Å². The molecule has 0 bridgehead atoms. The first-order chi connectivity index (χ1) is 16.4. The number of nitrogens with two attached hydrogens (primary N) is 1. The number of aliphatic imine (C=N–C) groups is 2. The molecule has 1 saturated carbocycles. The molecule has 3 aliphatic rings. The Labute approximate surface area is 201 Å². The van der Waals surface area contributed by atoms with E-state index in [0.717, 1.165) is 12.1 Å². The summed E-state index contributed by atoms with van der Waals surface area (Å²) in [5.74, 6) is -0.474. The number of carbonyl (C=O) groups excluding carboxylic acids is 1. The number of rotatable bonds is 8. The summed E-state index contributed by atoms with van der Waals surface area (Å²) in [6, 6.07) is -0.0160. The van der Waals surface area contributed by atoms with Gasteiger partial charge in [-0.05, 0) is 50.8 Å². The first-order valence-electron chi connectivity index (χ1n) is 11.8. The second kappa shape index (κ2) is 12.1. The molecule has 1 fully saturated rings. The Bertz CT molecular complexity index is 991. The normalized spacial score (nSPS) is 26.1. The quantitative estimate of drug-likeness (QED) is 0.246. The molecule has 0 radical (unpaired) electrons. The standard InChI is InChI=1S/C27H34N4O3/c1-3-20(11-7-10-19-8-5-4-6-9-19)26(32)31-17-16-24(29-2)23(18-31)25(28)30-22-14-12-21(13-15-22)27(33)34/h3-8,10-11,19,21-22H,1-2,9,12-18H2,(H2,28,30)(H,33,34)/b10-7+,20-11+. The van der Waals surface area contributed by atoms with Crippen LogP contribution in [0.4, 0.5) is 0 Å². The fourth-order valence-corrected chi connectivity index (χ4v) is 4.51. The Hall–Kier alpha value is -3.48. The zero-order chi connectivity index (χ0) is 24.5. The summed E-state index contributed by atoms with van der Waals surface area (Å²) in [6.45, 7) is 8.30. The lowest BCUT2D eigenvalue weighted by atomic mass is 9.86. The highest BCUT2D eigenvalue weighted by Gasteiger charge is 2.28. The van der Waals surface area contributed by atoms with Crippen molar-refractivity contribution in [3.63, 3.8) is 0 Å². The number of carboxylic acid groups (broad SMARTS) is 1. The summed E-state index contributed by atoms with van der Waals surface area (Å²) in [6.07, 6.45) is 19.7. The molecule has 3 N–H and O–H groups in total. The molecule has 0 saturated heterocycles. The molecule has 0 aromatic rings. The van der Waals surface area contributed by atoms with Crippen molar-refractivity contribution in [1.29, 1.82) is 0 Å². The molecule has 1 atom stereocenters. The van der Waals surface area contributed by atoms with Crippen LogP contribution < -0.4 is 5.73 Å². The maximum Gasteiger partial charge on any atom is 0.306 e. The van der Waals surface area contributed by atoms with Gasteiger partial charge in [-0.25, -0.2) is 0 Å². The molecule has 1 heterocycles. The molecular weight excluding hydrogens is 428 g/mol. The molecule has 7 nitrogen and oxygen atoms in total. The fraction of sp³-hybridized carbons (Fsp3) is 0.407. The van der Waals surface area contributed by atoms with Gasteiger partial charge in [0.25, 0.3) is 5.91 Å². The van der Waals surface area contributed by atoms with Crippen molar-refractivity contribution in [1.82, 2.24) is 4.90 Å². The van der Waals surface area contributed by atoms with Crippen LogP contribution in [0.3, 0.4) is 0 Å². The van der Waals surface area contributed by atoms with Gasteiger partial charge < -0.3 is 15.7 Å². The minimum absolute atomic E-state index is 0.0160. The third-order valence-electron chi connectivity index (χ3n) is 6.59. The molecule has 1 unspecified atom stereocenters. The topological polar surface area (TPSA) is 108 Å². The summed E-state index contributed by atoms with van der Waals surface area (Å²) in [7, 11) is 0. The van der Waals surface area contributed by atoms with Crippen LogP contribution in [0, 0.1) is 11.8 Å². The first kappa shape index (κ1) is 25.1. The van der Waals surface area contributed by atoms with E-state index in [1.165, 1.54) is 0 Å². The third kappa shape index (κ3) is 6.53. The molecule has 7 heteroatoms. The molecule has 2 aliphatic carbocycles. The number of carboxylic acids is 1. The summed E-state index contributed by atoms with van der Waals surface area (Å²) in [5, 5.41) is 9.20. The van der Waals surface area contributed by atoms with Gasteiger partial charge in [-0.2, -0.15) is 0 Å². The van der Waals surface area contributed by atoms with Crippen LogP contribution in [0.25, 0.3) is 0 Å². The maximum atomic E-state index is 13.2. The number of allylic oxidation sites excluding steroid dienone is 7. The van der Waals surface area contributed by atoms with Crippen molar-refractivity contribution >= 4 is 24.4 Å². The fourth-order valence-electron chi connectivity index (χ4n) is 4.51. The van der Waals surface area contributed by atoms with E-state index in [1.807, 2.05) is 18.2 Å². The molecule has 3 rings (SSSR count). The van der Waals surface area contributed by atoms with Gasteiger partial charge in [-0.3, -0.25) is 19.6 Å². The van der Waals surface area contributed by atoms with E-state index in [2.05, 4.69) is 41.5 Å². The van der Waals surface area contributed by atoms with Gasteiger partial charge in [0, 0.05) is 24.1 Å². The Balaban J connectivity index is 1.68. The van der Waals surface area contributed by atoms with Crippen LogP contribution in [0.5, 0.6) is 0 Å². The second-order valence-corrected chi connectivity index (χ2v) is 8.84. The smallest absolute Gasteiger partial charge is 0.306 e. The zero-order valence-corrected chi connectivity index (χ0v) is 19.6. The van der Waals surface area contributed by atoms with Gasteiger partial charge in [0.05, 0.1) is 24.2 Å². The van der Waals surface area contributed by atoms with Crippen molar-refractivity contribution in [2.75, 3.05) is 13.1 Å². The van der Waals surface area contributed by atoms with E-state index in [0.29, 0.717) is 68.1 Å². The molecule has 0 spiro atoms. The van der Waals surface area contributed by atoms with Crippen molar-refractivity contribution in [3.05, 3.63) is 72.0 Å². The van der Waals surface area contributed by atoms with Crippen molar-refractivity contribution in [3.8, 4) is 0 Å². The summed E-state index contributed by atoms with van der Waals surface area (Å²) >= 11 is 0.